The maximum Gasteiger partial charge on any atom is 0.304 e. The van der Waals surface area contributed by atoms with Crippen LogP contribution in [0.25, 0.3) is 0 Å². The first-order valence-corrected chi connectivity index (χ1v) is 8.95. The molecular formula is C19H19ClO3S. The molecule has 0 radical (unpaired) electrons. The Hall–Kier alpha value is -1.65. The molecule has 1 aliphatic heterocycles. The first-order valence-electron chi connectivity index (χ1n) is 9.09. The Labute approximate surface area is 155 Å². The number of hydrogen-bond donors (Lipinski definition) is 1. The Morgan fingerprint density at radius 2 is 2.17 bits per heavy atom. The van der Waals surface area contributed by atoms with Gasteiger partial charge in [0.15, 0.2) is 0 Å². The number of carbonyl (C=O) groups is 1. The number of fused-ring (bicyclic) bond motifs is 1. The van der Waals surface area contributed by atoms with Crippen molar-refractivity contribution in [2.24, 2.45) is 0 Å². The first-order chi connectivity index (χ1) is 12.7. The lowest BCUT2D eigenvalue weighted by Gasteiger charge is -2.36. The maximum atomic E-state index is 11.5. The molecule has 5 heteroatoms. The fourth-order valence-corrected chi connectivity index (χ4v) is 4.17. The Morgan fingerprint density at radius 3 is 2.88 bits per heavy atom. The summed E-state index contributed by atoms with van der Waals surface area (Å²) in [5.41, 5.74) is -0.155. The second kappa shape index (κ2) is 7.08. The van der Waals surface area contributed by atoms with Crippen molar-refractivity contribution in [1.29, 1.82) is 0 Å². The van der Waals surface area contributed by atoms with E-state index in [-0.39, 0.29) is 23.6 Å². The van der Waals surface area contributed by atoms with Gasteiger partial charge in [-0.2, -0.15) is 0 Å². The van der Waals surface area contributed by atoms with Gasteiger partial charge < -0.3 is 9.84 Å². The molecule has 0 bridgehead atoms. The molecule has 0 aliphatic carbocycles. The average Bonchev–Trinajstić information content (AvgIpc) is 2.60. The van der Waals surface area contributed by atoms with E-state index in [1.165, 1.54) is 11.8 Å². The van der Waals surface area contributed by atoms with Crippen LogP contribution in [0.4, 0.5) is 0 Å². The summed E-state index contributed by atoms with van der Waals surface area (Å²) >= 11 is 7.89. The monoisotopic (exact) mass is 365 g/mol. The molecule has 0 fully saturated rings. The number of hydrogen-bond acceptors (Lipinski definition) is 3. The molecule has 1 aliphatic rings. The molecule has 126 valence electrons. The van der Waals surface area contributed by atoms with Crippen molar-refractivity contribution >= 4 is 29.3 Å². The van der Waals surface area contributed by atoms with E-state index < -0.39 is 24.7 Å². The van der Waals surface area contributed by atoms with Gasteiger partial charge in [-0.25, -0.2) is 0 Å². The SMILES string of the molecule is [2H]C([2H])([2H])C1(CC(=O)O)CCOc2c(SCc3ccccc3)ccc(Cl)c21. The largest absolute Gasteiger partial charge is 0.492 e. The van der Waals surface area contributed by atoms with Crippen LogP contribution in [0.2, 0.25) is 5.02 Å². The van der Waals surface area contributed by atoms with Crippen LogP contribution < -0.4 is 4.74 Å². The van der Waals surface area contributed by atoms with Crippen molar-refractivity contribution in [1.82, 2.24) is 0 Å². The van der Waals surface area contributed by atoms with Crippen LogP contribution in [0.1, 0.15) is 34.9 Å². The highest BCUT2D eigenvalue weighted by atomic mass is 35.5. The third-order valence-corrected chi connectivity index (χ3v) is 5.44. The fourth-order valence-electron chi connectivity index (χ4n) is 2.86. The van der Waals surface area contributed by atoms with Crippen molar-refractivity contribution in [3.8, 4) is 5.75 Å². The van der Waals surface area contributed by atoms with Gasteiger partial charge in [-0.15, -0.1) is 11.8 Å². The van der Waals surface area contributed by atoms with Gasteiger partial charge in [-0.1, -0.05) is 48.8 Å². The van der Waals surface area contributed by atoms with E-state index in [0.29, 0.717) is 11.5 Å². The summed E-state index contributed by atoms with van der Waals surface area (Å²) in [6.07, 6.45) is -0.443. The van der Waals surface area contributed by atoms with Crippen LogP contribution >= 0.6 is 23.4 Å². The molecule has 2 aromatic rings. The second-order valence-electron chi connectivity index (χ2n) is 5.78. The molecule has 1 atom stereocenters. The van der Waals surface area contributed by atoms with Crippen LogP contribution in [-0.4, -0.2) is 17.7 Å². The first kappa shape index (κ1) is 13.6. The highest BCUT2D eigenvalue weighted by Crippen LogP contribution is 2.49. The van der Waals surface area contributed by atoms with Crippen LogP contribution in [0.5, 0.6) is 5.75 Å². The van der Waals surface area contributed by atoms with E-state index in [0.717, 1.165) is 10.5 Å². The van der Waals surface area contributed by atoms with Crippen molar-refractivity contribution in [2.45, 2.75) is 35.8 Å². The van der Waals surface area contributed by atoms with E-state index in [2.05, 4.69) is 0 Å². The molecule has 3 rings (SSSR count). The predicted octanol–water partition coefficient (Wildman–Crippen LogP) is 5.15. The quantitative estimate of drug-likeness (QED) is 0.744. The van der Waals surface area contributed by atoms with Crippen LogP contribution in [0.15, 0.2) is 47.4 Å². The average molecular weight is 366 g/mol. The minimum Gasteiger partial charge on any atom is -0.492 e. The Balaban J connectivity index is 2.05. The summed E-state index contributed by atoms with van der Waals surface area (Å²) in [6, 6.07) is 13.3. The zero-order valence-corrected chi connectivity index (χ0v) is 14.5. The topological polar surface area (TPSA) is 46.5 Å². The molecule has 0 amide bonds. The minimum absolute atomic E-state index is 0.0787. The fraction of sp³-hybridized carbons (Fsp3) is 0.316. The van der Waals surface area contributed by atoms with Gasteiger partial charge in [0.25, 0.3) is 0 Å². The molecule has 1 N–H and O–H groups in total. The smallest absolute Gasteiger partial charge is 0.304 e. The molecule has 0 saturated carbocycles. The Kier molecular flexibility index (Phi) is 4.02. The van der Waals surface area contributed by atoms with Gasteiger partial charge in [0.05, 0.1) is 17.9 Å². The van der Waals surface area contributed by atoms with Crippen molar-refractivity contribution in [3.05, 3.63) is 58.6 Å². The molecular weight excluding hydrogens is 344 g/mol. The number of aliphatic carboxylic acids is 1. The van der Waals surface area contributed by atoms with Crippen molar-refractivity contribution in [3.63, 3.8) is 0 Å². The van der Waals surface area contributed by atoms with Gasteiger partial charge in [0.1, 0.15) is 5.75 Å². The summed E-state index contributed by atoms with van der Waals surface area (Å²) in [5, 5.41) is 9.62. The van der Waals surface area contributed by atoms with Gasteiger partial charge in [-0.05, 0) is 24.1 Å². The summed E-state index contributed by atoms with van der Waals surface area (Å²) in [7, 11) is 0. The van der Waals surface area contributed by atoms with E-state index in [1.807, 2.05) is 30.3 Å². The van der Waals surface area contributed by atoms with Gasteiger partial charge >= 0.3 is 5.97 Å². The number of thioether (sulfide) groups is 1. The van der Waals surface area contributed by atoms with Gasteiger partial charge in [-0.3, -0.25) is 4.79 Å². The van der Waals surface area contributed by atoms with E-state index in [9.17, 15) is 9.90 Å². The molecule has 2 aromatic carbocycles. The zero-order chi connectivity index (χ0) is 19.7. The Morgan fingerprint density at radius 1 is 1.38 bits per heavy atom. The Bertz CT molecular complexity index is 842. The summed E-state index contributed by atoms with van der Waals surface area (Å²) in [6.45, 7) is -2.38. The number of carboxylic acid groups (broad SMARTS) is 1. The lowest BCUT2D eigenvalue weighted by Crippen LogP contribution is -2.33. The van der Waals surface area contributed by atoms with E-state index in [4.69, 9.17) is 20.5 Å². The standard InChI is InChI=1S/C19H19ClO3S/c1-19(11-16(21)22)9-10-23-18-15(8-7-14(20)17(18)19)24-12-13-5-3-2-4-6-13/h2-8H,9-12H2,1H3,(H,21,22)/i1D3. The zero-order valence-electron chi connectivity index (χ0n) is 15.9. The van der Waals surface area contributed by atoms with Crippen LogP contribution in [0, 0.1) is 0 Å². The number of halogens is 1. The number of benzene rings is 2. The van der Waals surface area contributed by atoms with Crippen LogP contribution in [-0.2, 0) is 16.0 Å². The summed E-state index contributed by atoms with van der Waals surface area (Å²) < 4.78 is 30.0. The summed E-state index contributed by atoms with van der Waals surface area (Å²) in [5.74, 6) is -0.0951. The molecule has 1 heterocycles. The lowest BCUT2D eigenvalue weighted by atomic mass is 9.75. The number of ether oxygens (including phenoxy) is 1. The third kappa shape index (κ3) is 3.55. The van der Waals surface area contributed by atoms with E-state index in [1.54, 1.807) is 12.1 Å². The minimum atomic E-state index is -2.52. The molecule has 24 heavy (non-hydrogen) atoms. The molecule has 0 spiro atoms. The van der Waals surface area contributed by atoms with Crippen LogP contribution in [0.3, 0.4) is 0 Å². The second-order valence-corrected chi connectivity index (χ2v) is 7.20. The maximum absolute atomic E-state index is 11.5. The van der Waals surface area contributed by atoms with Gasteiger partial charge in [0, 0.05) is 25.9 Å². The number of rotatable bonds is 5. The predicted molar refractivity (Wildman–Crippen MR) is 97.2 cm³/mol. The van der Waals surface area contributed by atoms with Crippen molar-refractivity contribution in [2.75, 3.05) is 6.61 Å². The molecule has 1 unspecified atom stereocenters. The highest BCUT2D eigenvalue weighted by molar-refractivity contribution is 7.98. The molecule has 0 aromatic heterocycles. The lowest BCUT2D eigenvalue weighted by molar-refractivity contribution is -0.138. The molecule has 3 nitrogen and oxygen atoms in total. The number of carboxylic acids is 1. The third-order valence-electron chi connectivity index (χ3n) is 4.01. The highest BCUT2D eigenvalue weighted by Gasteiger charge is 2.38. The van der Waals surface area contributed by atoms with Crippen molar-refractivity contribution < 1.29 is 18.8 Å². The summed E-state index contributed by atoms with van der Waals surface area (Å²) in [4.78, 5) is 12.3. The van der Waals surface area contributed by atoms with Gasteiger partial charge in [0.2, 0.25) is 0 Å². The molecule has 0 saturated heterocycles. The normalized spacial score (nSPS) is 21.8. The van der Waals surface area contributed by atoms with E-state index >= 15 is 0 Å².